The van der Waals surface area contributed by atoms with Crippen molar-refractivity contribution in [3.63, 3.8) is 0 Å². The van der Waals surface area contributed by atoms with Crippen LogP contribution in [0, 0.1) is 18.3 Å². The first-order chi connectivity index (χ1) is 9.89. The summed E-state index contributed by atoms with van der Waals surface area (Å²) in [5.74, 6) is -0.228. The lowest BCUT2D eigenvalue weighted by atomic mass is 10.2. The van der Waals surface area contributed by atoms with Crippen molar-refractivity contribution < 1.29 is 12.6 Å². The highest BCUT2D eigenvalue weighted by Gasteiger charge is 2.16. The van der Waals surface area contributed by atoms with Crippen LogP contribution in [0.3, 0.4) is 0 Å². The minimum Gasteiger partial charge on any atom is -0.381 e. The summed E-state index contributed by atoms with van der Waals surface area (Å²) in [5, 5.41) is 8.82. The molecule has 0 bridgehead atoms. The quantitative estimate of drug-likeness (QED) is 0.809. The second-order valence-electron chi connectivity index (χ2n) is 4.53. The van der Waals surface area contributed by atoms with Crippen LogP contribution in [-0.4, -0.2) is 8.42 Å². The second-order valence-corrected chi connectivity index (χ2v) is 6.51. The molecule has 0 unspecified atom stereocenters. The number of halogens is 1. The van der Waals surface area contributed by atoms with E-state index in [0.717, 1.165) is 5.56 Å². The fraction of sp³-hybridized carbons (Fsp3) is 0.133. The van der Waals surface area contributed by atoms with Gasteiger partial charge in [-0.15, -0.1) is 0 Å². The molecule has 2 rings (SSSR count). The highest BCUT2D eigenvalue weighted by Crippen LogP contribution is 2.27. The van der Waals surface area contributed by atoms with Crippen molar-refractivity contribution in [2.24, 2.45) is 0 Å². The molecular weight excluding hydrogens is 310 g/mol. The van der Waals surface area contributed by atoms with E-state index >= 15 is 0 Å². The third kappa shape index (κ3) is 4.22. The van der Waals surface area contributed by atoms with E-state index in [1.807, 2.05) is 19.1 Å². The lowest BCUT2D eigenvalue weighted by Crippen LogP contribution is -2.12. The van der Waals surface area contributed by atoms with Crippen molar-refractivity contribution in [1.29, 1.82) is 5.26 Å². The molecule has 4 nitrogen and oxygen atoms in total. The van der Waals surface area contributed by atoms with Crippen molar-refractivity contribution in [3.8, 4) is 11.8 Å². The number of rotatable bonds is 4. The van der Waals surface area contributed by atoms with Crippen molar-refractivity contribution >= 4 is 21.7 Å². The van der Waals surface area contributed by atoms with E-state index < -0.39 is 10.1 Å². The van der Waals surface area contributed by atoms with E-state index in [2.05, 4.69) is 0 Å². The predicted octanol–water partition coefficient (Wildman–Crippen LogP) is 3.43. The van der Waals surface area contributed by atoms with Gasteiger partial charge < -0.3 is 4.18 Å². The molecule has 0 atom stereocenters. The van der Waals surface area contributed by atoms with Gasteiger partial charge in [-0.05, 0) is 30.7 Å². The van der Waals surface area contributed by atoms with Crippen molar-refractivity contribution in [2.75, 3.05) is 0 Å². The van der Waals surface area contributed by atoms with Gasteiger partial charge in [0.2, 0.25) is 0 Å². The molecule has 6 heteroatoms. The van der Waals surface area contributed by atoms with Crippen LogP contribution in [0.4, 0.5) is 0 Å². The SMILES string of the molecule is Cc1cccc(CS(=O)(=O)Oc2ccc(C#N)cc2Cl)c1. The first-order valence-electron chi connectivity index (χ1n) is 6.07. The molecule has 0 heterocycles. The number of aryl methyl sites for hydroxylation is 1. The standard InChI is InChI=1S/C15H12ClNO3S/c1-11-3-2-4-13(7-11)10-21(18,19)20-15-6-5-12(9-17)8-14(15)16/h2-8H,10H2,1H3. The minimum absolute atomic E-state index is 0.0170. The number of benzene rings is 2. The Labute approximate surface area is 128 Å². The maximum atomic E-state index is 12.0. The van der Waals surface area contributed by atoms with Crippen LogP contribution in [0.1, 0.15) is 16.7 Å². The summed E-state index contributed by atoms with van der Waals surface area (Å²) in [6.07, 6.45) is 0. The Morgan fingerprint density at radius 3 is 2.62 bits per heavy atom. The zero-order chi connectivity index (χ0) is 15.5. The topological polar surface area (TPSA) is 67.2 Å². The van der Waals surface area contributed by atoms with Crippen molar-refractivity contribution in [1.82, 2.24) is 0 Å². The largest absolute Gasteiger partial charge is 0.381 e. The summed E-state index contributed by atoms with van der Waals surface area (Å²) in [6, 6.07) is 13.3. The third-order valence-electron chi connectivity index (χ3n) is 2.70. The Balaban J connectivity index is 2.20. The highest BCUT2D eigenvalue weighted by atomic mass is 35.5. The Kier molecular flexibility index (Phi) is 4.51. The van der Waals surface area contributed by atoms with Crippen LogP contribution < -0.4 is 4.18 Å². The van der Waals surface area contributed by atoms with E-state index in [-0.39, 0.29) is 16.5 Å². The average molecular weight is 322 g/mol. The molecule has 0 saturated carbocycles. The lowest BCUT2D eigenvalue weighted by molar-refractivity contribution is 0.485. The normalized spacial score (nSPS) is 10.9. The van der Waals surface area contributed by atoms with Gasteiger partial charge in [-0.25, -0.2) is 0 Å². The summed E-state index contributed by atoms with van der Waals surface area (Å²) in [6.45, 7) is 1.88. The van der Waals surface area contributed by atoms with E-state index in [9.17, 15) is 8.42 Å². The summed E-state index contributed by atoms with van der Waals surface area (Å²) in [4.78, 5) is 0. The van der Waals surface area contributed by atoms with Crippen LogP contribution in [0.15, 0.2) is 42.5 Å². The minimum atomic E-state index is -3.81. The molecule has 0 aliphatic carbocycles. The summed E-state index contributed by atoms with van der Waals surface area (Å²) < 4.78 is 29.1. The van der Waals surface area contributed by atoms with Gasteiger partial charge in [0.25, 0.3) is 0 Å². The molecule has 0 spiro atoms. The Morgan fingerprint density at radius 1 is 1.24 bits per heavy atom. The van der Waals surface area contributed by atoms with E-state index in [4.69, 9.17) is 21.0 Å². The van der Waals surface area contributed by atoms with Gasteiger partial charge >= 0.3 is 10.1 Å². The van der Waals surface area contributed by atoms with Crippen molar-refractivity contribution in [3.05, 3.63) is 64.2 Å². The van der Waals surface area contributed by atoms with Gasteiger partial charge in [0.1, 0.15) is 5.75 Å². The summed E-state index contributed by atoms with van der Waals surface area (Å²) >= 11 is 5.90. The fourth-order valence-corrected chi connectivity index (χ4v) is 3.14. The third-order valence-corrected chi connectivity index (χ3v) is 4.12. The van der Waals surface area contributed by atoms with Crippen molar-refractivity contribution in [2.45, 2.75) is 12.7 Å². The van der Waals surface area contributed by atoms with Gasteiger partial charge in [-0.1, -0.05) is 41.4 Å². The zero-order valence-electron chi connectivity index (χ0n) is 11.2. The molecular formula is C15H12ClNO3S. The van der Waals surface area contributed by atoms with Gasteiger partial charge in [-0.3, -0.25) is 0 Å². The van der Waals surface area contributed by atoms with Crippen LogP contribution in [0.2, 0.25) is 5.02 Å². The van der Waals surface area contributed by atoms with Gasteiger partial charge in [-0.2, -0.15) is 13.7 Å². The molecule has 108 valence electrons. The molecule has 0 aliphatic heterocycles. The maximum absolute atomic E-state index is 12.0. The van der Waals surface area contributed by atoms with Crippen LogP contribution >= 0.6 is 11.6 Å². The maximum Gasteiger partial charge on any atom is 0.313 e. The molecule has 2 aromatic rings. The number of hydrogen-bond acceptors (Lipinski definition) is 4. The van der Waals surface area contributed by atoms with Gasteiger partial charge in [0, 0.05) is 0 Å². The van der Waals surface area contributed by atoms with Crippen LogP contribution in [0.5, 0.6) is 5.75 Å². The van der Waals surface area contributed by atoms with E-state index in [0.29, 0.717) is 11.1 Å². The highest BCUT2D eigenvalue weighted by molar-refractivity contribution is 7.86. The molecule has 21 heavy (non-hydrogen) atoms. The molecule has 0 aliphatic rings. The number of hydrogen-bond donors (Lipinski definition) is 0. The summed E-state index contributed by atoms with van der Waals surface area (Å²) in [5.41, 5.74) is 1.95. The van der Waals surface area contributed by atoms with Gasteiger partial charge in [0.05, 0.1) is 16.7 Å². The second kappa shape index (κ2) is 6.17. The molecule has 0 radical (unpaired) electrons. The van der Waals surface area contributed by atoms with Gasteiger partial charge in [0.15, 0.2) is 5.75 Å². The fourth-order valence-electron chi connectivity index (χ4n) is 1.81. The lowest BCUT2D eigenvalue weighted by Gasteiger charge is -2.09. The Bertz CT molecular complexity index is 810. The molecule has 0 saturated heterocycles. The predicted molar refractivity (Wildman–Crippen MR) is 80.6 cm³/mol. The number of nitriles is 1. The monoisotopic (exact) mass is 321 g/mol. The van der Waals surface area contributed by atoms with Crippen LogP contribution in [-0.2, 0) is 15.9 Å². The summed E-state index contributed by atoms with van der Waals surface area (Å²) in [7, 11) is -3.81. The molecule has 0 amide bonds. The smallest absolute Gasteiger partial charge is 0.313 e. The van der Waals surface area contributed by atoms with Crippen LogP contribution in [0.25, 0.3) is 0 Å². The Hall–Kier alpha value is -2.03. The Morgan fingerprint density at radius 2 is 2.00 bits per heavy atom. The first-order valence-corrected chi connectivity index (χ1v) is 8.02. The first kappa shape index (κ1) is 15.4. The number of nitrogens with zero attached hydrogens (tertiary/aromatic N) is 1. The molecule has 2 aromatic carbocycles. The average Bonchev–Trinajstić information content (AvgIpc) is 2.40. The van der Waals surface area contributed by atoms with E-state index in [1.54, 1.807) is 18.2 Å². The zero-order valence-corrected chi connectivity index (χ0v) is 12.8. The molecule has 0 N–H and O–H groups in total. The molecule has 0 aromatic heterocycles. The van der Waals surface area contributed by atoms with E-state index in [1.165, 1.54) is 18.2 Å². The molecule has 0 fully saturated rings.